The first-order chi connectivity index (χ1) is 11.1. The van der Waals surface area contributed by atoms with E-state index in [1.807, 2.05) is 24.3 Å². The molecule has 1 fully saturated rings. The smallest absolute Gasteiger partial charge is 0.325 e. The number of carbonyl (C=O) groups is 2. The molecule has 0 saturated carbocycles. The number of rotatable bonds is 6. The van der Waals surface area contributed by atoms with E-state index in [4.69, 9.17) is 4.74 Å². The van der Waals surface area contributed by atoms with E-state index in [1.165, 1.54) is 7.11 Å². The van der Waals surface area contributed by atoms with E-state index < -0.39 is 5.97 Å². The molecule has 0 spiro atoms. The van der Waals surface area contributed by atoms with Crippen molar-refractivity contribution in [1.82, 2.24) is 10.2 Å². The molecule has 2 rings (SSSR count). The fourth-order valence-corrected chi connectivity index (χ4v) is 2.46. The van der Waals surface area contributed by atoms with Crippen LogP contribution in [0.4, 0.5) is 5.69 Å². The van der Waals surface area contributed by atoms with Crippen LogP contribution >= 0.6 is 0 Å². The van der Waals surface area contributed by atoms with Crippen molar-refractivity contribution in [3.63, 3.8) is 0 Å². The summed E-state index contributed by atoms with van der Waals surface area (Å²) in [4.78, 5) is 27.1. The molecule has 0 aromatic heterocycles. The molecule has 7 nitrogen and oxygen atoms in total. The summed E-state index contributed by atoms with van der Waals surface area (Å²) in [6.07, 6.45) is 0. The van der Waals surface area contributed by atoms with Gasteiger partial charge in [0, 0.05) is 31.9 Å². The summed E-state index contributed by atoms with van der Waals surface area (Å²) in [7, 11) is 2.95. The van der Waals surface area contributed by atoms with Crippen LogP contribution in [-0.2, 0) is 14.3 Å². The summed E-state index contributed by atoms with van der Waals surface area (Å²) in [5, 5.41) is 2.55. The molecule has 1 saturated heterocycles. The molecule has 126 valence electrons. The maximum absolute atomic E-state index is 11.8. The highest BCUT2D eigenvalue weighted by Gasteiger charge is 2.19. The first-order valence-corrected chi connectivity index (χ1v) is 7.57. The zero-order valence-corrected chi connectivity index (χ0v) is 13.6. The standard InChI is InChI=1S/C16H23N3O4/c1-22-14-5-3-13(4-6-14)19-9-7-18(8-10-19)12-15(20)17-11-16(21)23-2/h3-6H,7-12H2,1-2H3,(H,17,20). The highest BCUT2D eigenvalue weighted by Crippen LogP contribution is 2.20. The zero-order valence-electron chi connectivity index (χ0n) is 13.6. The van der Waals surface area contributed by atoms with Crippen molar-refractivity contribution in [3.8, 4) is 5.75 Å². The van der Waals surface area contributed by atoms with Crippen molar-refractivity contribution in [2.75, 3.05) is 58.4 Å². The lowest BCUT2D eigenvalue weighted by Gasteiger charge is -2.35. The number of esters is 1. The van der Waals surface area contributed by atoms with E-state index in [0.717, 1.165) is 37.6 Å². The Morgan fingerprint density at radius 1 is 1.09 bits per heavy atom. The molecular weight excluding hydrogens is 298 g/mol. The van der Waals surface area contributed by atoms with Gasteiger partial charge in [-0.1, -0.05) is 0 Å². The fraction of sp³-hybridized carbons (Fsp3) is 0.500. The lowest BCUT2D eigenvalue weighted by molar-refractivity contribution is -0.141. The number of piperazine rings is 1. The number of methoxy groups -OCH3 is 2. The third kappa shape index (κ3) is 5.14. The number of ether oxygens (including phenoxy) is 2. The van der Waals surface area contributed by atoms with Crippen LogP contribution in [0.5, 0.6) is 5.75 Å². The molecule has 1 aliphatic heterocycles. The van der Waals surface area contributed by atoms with Crippen molar-refractivity contribution in [3.05, 3.63) is 24.3 Å². The van der Waals surface area contributed by atoms with Crippen LogP contribution in [-0.4, -0.2) is 70.3 Å². The number of hydrogen-bond donors (Lipinski definition) is 1. The quantitative estimate of drug-likeness (QED) is 0.750. The fourth-order valence-electron chi connectivity index (χ4n) is 2.46. The van der Waals surface area contributed by atoms with Gasteiger partial charge in [-0.2, -0.15) is 0 Å². The van der Waals surface area contributed by atoms with Gasteiger partial charge in [-0.3, -0.25) is 14.5 Å². The van der Waals surface area contributed by atoms with Crippen LogP contribution < -0.4 is 15.0 Å². The molecule has 0 bridgehead atoms. The SMILES string of the molecule is COC(=O)CNC(=O)CN1CCN(c2ccc(OC)cc2)CC1. The second-order valence-electron chi connectivity index (χ2n) is 5.31. The zero-order chi connectivity index (χ0) is 16.7. The van der Waals surface area contributed by atoms with Crippen LogP contribution in [0.15, 0.2) is 24.3 Å². The van der Waals surface area contributed by atoms with Gasteiger partial charge in [0.1, 0.15) is 12.3 Å². The summed E-state index contributed by atoms with van der Waals surface area (Å²) in [5.41, 5.74) is 1.15. The molecule has 0 unspecified atom stereocenters. The largest absolute Gasteiger partial charge is 0.497 e. The third-order valence-corrected chi connectivity index (χ3v) is 3.83. The van der Waals surface area contributed by atoms with Gasteiger partial charge in [0.15, 0.2) is 0 Å². The summed E-state index contributed by atoms with van der Waals surface area (Å²) in [6, 6.07) is 7.97. The van der Waals surface area contributed by atoms with E-state index in [2.05, 4.69) is 19.9 Å². The lowest BCUT2D eigenvalue weighted by atomic mass is 10.2. The molecule has 1 amide bonds. The Morgan fingerprint density at radius 2 is 1.74 bits per heavy atom. The minimum absolute atomic E-state index is 0.0822. The number of benzene rings is 1. The molecule has 0 atom stereocenters. The van der Waals surface area contributed by atoms with Gasteiger partial charge in [0.05, 0.1) is 20.8 Å². The summed E-state index contributed by atoms with van der Waals surface area (Å²) in [5.74, 6) is 0.241. The Balaban J connectivity index is 1.74. The molecule has 0 radical (unpaired) electrons. The molecule has 1 heterocycles. The van der Waals surface area contributed by atoms with Gasteiger partial charge >= 0.3 is 5.97 Å². The maximum Gasteiger partial charge on any atom is 0.325 e. The van der Waals surface area contributed by atoms with Crippen molar-refractivity contribution in [2.45, 2.75) is 0 Å². The van der Waals surface area contributed by atoms with Gasteiger partial charge in [-0.15, -0.1) is 0 Å². The average molecular weight is 321 g/mol. The number of nitrogens with zero attached hydrogens (tertiary/aromatic N) is 2. The number of hydrogen-bond acceptors (Lipinski definition) is 6. The first-order valence-electron chi connectivity index (χ1n) is 7.57. The van der Waals surface area contributed by atoms with Gasteiger partial charge in [-0.25, -0.2) is 0 Å². The van der Waals surface area contributed by atoms with E-state index in [0.29, 0.717) is 6.54 Å². The summed E-state index contributed by atoms with van der Waals surface area (Å²) < 4.78 is 9.65. The Labute approximate surface area is 136 Å². The van der Waals surface area contributed by atoms with Crippen LogP contribution in [0.25, 0.3) is 0 Å². The molecule has 1 aromatic carbocycles. The van der Waals surface area contributed by atoms with E-state index >= 15 is 0 Å². The number of nitrogens with one attached hydrogen (secondary N) is 1. The van der Waals surface area contributed by atoms with E-state index in [9.17, 15) is 9.59 Å². The molecule has 0 aliphatic carbocycles. The Bertz CT molecular complexity index is 525. The maximum atomic E-state index is 11.8. The first kappa shape index (κ1) is 17.1. The number of amides is 1. The van der Waals surface area contributed by atoms with E-state index in [1.54, 1.807) is 7.11 Å². The topological polar surface area (TPSA) is 71.1 Å². The molecule has 7 heteroatoms. The predicted molar refractivity (Wildman–Crippen MR) is 86.7 cm³/mol. The highest BCUT2D eigenvalue weighted by molar-refractivity contribution is 5.83. The Kier molecular flexibility index (Phi) is 6.22. The lowest BCUT2D eigenvalue weighted by Crippen LogP contribution is -2.49. The van der Waals surface area contributed by atoms with Crippen molar-refractivity contribution in [2.24, 2.45) is 0 Å². The highest BCUT2D eigenvalue weighted by atomic mass is 16.5. The number of anilines is 1. The van der Waals surface area contributed by atoms with Gasteiger partial charge in [0.25, 0.3) is 0 Å². The number of carbonyl (C=O) groups excluding carboxylic acids is 2. The Hall–Kier alpha value is -2.28. The third-order valence-electron chi connectivity index (χ3n) is 3.83. The van der Waals surface area contributed by atoms with Gasteiger partial charge in [0.2, 0.25) is 5.91 Å². The van der Waals surface area contributed by atoms with Crippen molar-refractivity contribution in [1.29, 1.82) is 0 Å². The summed E-state index contributed by atoms with van der Waals surface area (Å²) in [6.45, 7) is 3.54. The Morgan fingerprint density at radius 3 is 2.30 bits per heavy atom. The minimum atomic E-state index is -0.442. The second-order valence-corrected chi connectivity index (χ2v) is 5.31. The summed E-state index contributed by atoms with van der Waals surface area (Å²) >= 11 is 0. The monoisotopic (exact) mass is 321 g/mol. The predicted octanol–water partition coefficient (Wildman–Crippen LogP) is 0.106. The molecular formula is C16H23N3O4. The van der Waals surface area contributed by atoms with E-state index in [-0.39, 0.29) is 12.5 Å². The van der Waals surface area contributed by atoms with Crippen LogP contribution in [0.2, 0.25) is 0 Å². The second kappa shape index (κ2) is 8.38. The van der Waals surface area contributed by atoms with Crippen LogP contribution in [0, 0.1) is 0 Å². The normalized spacial score (nSPS) is 15.1. The average Bonchev–Trinajstić information content (AvgIpc) is 2.60. The van der Waals surface area contributed by atoms with Gasteiger partial charge < -0.3 is 19.7 Å². The molecule has 1 N–H and O–H groups in total. The van der Waals surface area contributed by atoms with Crippen molar-refractivity contribution >= 4 is 17.6 Å². The minimum Gasteiger partial charge on any atom is -0.497 e. The van der Waals surface area contributed by atoms with Crippen molar-refractivity contribution < 1.29 is 19.1 Å². The molecule has 1 aromatic rings. The molecule has 23 heavy (non-hydrogen) atoms. The van der Waals surface area contributed by atoms with Crippen LogP contribution in [0.1, 0.15) is 0 Å². The van der Waals surface area contributed by atoms with Crippen LogP contribution in [0.3, 0.4) is 0 Å². The molecule has 1 aliphatic rings. The van der Waals surface area contributed by atoms with Gasteiger partial charge in [-0.05, 0) is 24.3 Å².